The van der Waals surface area contributed by atoms with Gasteiger partial charge in [0.2, 0.25) is 6.54 Å². The summed E-state index contributed by atoms with van der Waals surface area (Å²) < 4.78 is 4.49. The maximum absolute atomic E-state index is 11.6. The zero-order chi connectivity index (χ0) is 13.3. The maximum atomic E-state index is 11.6. The number of β-lactam (4-membered cyclic amide) rings is 1. The summed E-state index contributed by atoms with van der Waals surface area (Å²) in [5.74, 6) is -0.919. The van der Waals surface area contributed by atoms with E-state index in [1.54, 1.807) is 20.8 Å². The van der Waals surface area contributed by atoms with Crippen molar-refractivity contribution in [3.05, 3.63) is 0 Å². The second kappa shape index (κ2) is 4.33. The van der Waals surface area contributed by atoms with Gasteiger partial charge in [0, 0.05) is 0 Å². The highest BCUT2D eigenvalue weighted by Gasteiger charge is 2.50. The van der Waals surface area contributed by atoms with Gasteiger partial charge in [0.15, 0.2) is 0 Å². The molecule has 0 aromatic rings. The lowest BCUT2D eigenvalue weighted by molar-refractivity contribution is -0.907. The molecule has 1 aliphatic heterocycles. The minimum Gasteiger partial charge on any atom is -0.462 e. The molecule has 7 nitrogen and oxygen atoms in total. The number of carbonyl (C=O) groups is 3. The van der Waals surface area contributed by atoms with E-state index in [0.717, 1.165) is 0 Å². The van der Waals surface area contributed by atoms with E-state index >= 15 is 0 Å². The molecule has 0 saturated carbocycles. The molecule has 2 amide bonds. The van der Waals surface area contributed by atoms with Crippen LogP contribution in [0.4, 0.5) is 4.79 Å². The summed E-state index contributed by atoms with van der Waals surface area (Å²) in [4.78, 5) is 33.6. The monoisotopic (exact) mass is 245 g/mol. The molecule has 0 aliphatic carbocycles. The Morgan fingerprint density at radius 1 is 1.47 bits per heavy atom. The van der Waals surface area contributed by atoms with Crippen molar-refractivity contribution in [1.82, 2.24) is 5.43 Å². The molecule has 96 valence electrons. The first-order valence-electron chi connectivity index (χ1n) is 5.28. The summed E-state index contributed by atoms with van der Waals surface area (Å²) in [6, 6.07) is 0. The lowest BCUT2D eigenvalue weighted by Crippen LogP contribution is -2.72. The molecule has 1 rings (SSSR count). The summed E-state index contributed by atoms with van der Waals surface area (Å²) >= 11 is 0. The molecule has 2 N–H and O–H groups in total. The predicted octanol–water partition coefficient (Wildman–Crippen LogP) is 0.258. The number of carboxylic acid groups (broad SMARTS) is 1. The van der Waals surface area contributed by atoms with E-state index in [9.17, 15) is 14.4 Å². The molecule has 1 unspecified atom stereocenters. The number of nitrogens with one attached hydrogen (secondary N) is 1. The molecule has 1 saturated heterocycles. The van der Waals surface area contributed by atoms with Crippen molar-refractivity contribution in [3.63, 3.8) is 0 Å². The molecule has 0 aromatic carbocycles. The van der Waals surface area contributed by atoms with E-state index < -0.39 is 22.3 Å². The van der Waals surface area contributed by atoms with E-state index in [4.69, 9.17) is 9.84 Å². The van der Waals surface area contributed by atoms with Crippen LogP contribution in [0.2, 0.25) is 0 Å². The summed E-state index contributed by atoms with van der Waals surface area (Å²) in [5.41, 5.74) is 1.41. The molecule has 1 heterocycles. The van der Waals surface area contributed by atoms with Crippen LogP contribution in [0.1, 0.15) is 27.2 Å². The molecule has 0 radical (unpaired) electrons. The van der Waals surface area contributed by atoms with Gasteiger partial charge in [-0.1, -0.05) is 0 Å². The molecule has 1 atom stereocenters. The number of hydrogen-bond donors (Lipinski definition) is 2. The van der Waals surface area contributed by atoms with Gasteiger partial charge in [-0.25, -0.2) is 14.4 Å². The Morgan fingerprint density at radius 3 is 2.35 bits per heavy atom. The molecule has 17 heavy (non-hydrogen) atoms. The molecule has 1 aliphatic rings. The van der Waals surface area contributed by atoms with Crippen LogP contribution < -0.4 is 5.43 Å². The number of carbonyl (C=O) groups excluding carboxylic acids is 2. The van der Waals surface area contributed by atoms with Gasteiger partial charge in [-0.3, -0.25) is 0 Å². The normalized spacial score (nSPS) is 23.8. The number of nitrogens with zero attached hydrogens (tertiary/aromatic N) is 1. The number of ether oxygens (including phenoxy) is 1. The first kappa shape index (κ1) is 13.4. The van der Waals surface area contributed by atoms with Gasteiger partial charge in [0.05, 0.1) is 0 Å². The fourth-order valence-electron chi connectivity index (χ4n) is 1.58. The average molecular weight is 245 g/mol. The van der Waals surface area contributed by atoms with E-state index in [2.05, 4.69) is 5.43 Å². The second-order valence-electron chi connectivity index (χ2n) is 5.00. The van der Waals surface area contributed by atoms with Crippen molar-refractivity contribution < 1.29 is 28.8 Å². The summed E-state index contributed by atoms with van der Waals surface area (Å²) in [7, 11) is 0. The van der Waals surface area contributed by atoms with E-state index in [-0.39, 0.29) is 25.4 Å². The van der Waals surface area contributed by atoms with Crippen LogP contribution in [0.15, 0.2) is 0 Å². The van der Waals surface area contributed by atoms with Gasteiger partial charge in [0.1, 0.15) is 18.6 Å². The van der Waals surface area contributed by atoms with Gasteiger partial charge in [0.25, 0.3) is 0 Å². The molecule has 0 aromatic heterocycles. The van der Waals surface area contributed by atoms with Gasteiger partial charge in [-0.05, 0) is 20.8 Å². The average Bonchev–Trinajstić information content (AvgIpc) is 2.10. The molecule has 0 spiro atoms. The lowest BCUT2D eigenvalue weighted by Gasteiger charge is -2.39. The largest absolute Gasteiger partial charge is 0.462 e. The summed E-state index contributed by atoms with van der Waals surface area (Å²) in [5, 5.41) is 8.65. The topological polar surface area (TPSA) is 92.7 Å². The zero-order valence-electron chi connectivity index (χ0n) is 10.1. The van der Waals surface area contributed by atoms with Crippen LogP contribution >= 0.6 is 0 Å². The smallest absolute Gasteiger partial charge is 0.449 e. The highest BCUT2D eigenvalue weighted by molar-refractivity contribution is 5.80. The van der Waals surface area contributed by atoms with Gasteiger partial charge in [-0.2, -0.15) is 5.43 Å². The van der Waals surface area contributed by atoms with Crippen LogP contribution in [-0.4, -0.2) is 46.4 Å². The zero-order valence-corrected chi connectivity index (χ0v) is 10.1. The first-order valence-corrected chi connectivity index (χ1v) is 5.28. The Hall–Kier alpha value is -1.63. The predicted molar refractivity (Wildman–Crippen MR) is 56.6 cm³/mol. The number of likely N-dealkylation sites (tertiary alicyclic amines) is 1. The highest BCUT2D eigenvalue weighted by atomic mass is 16.6. The van der Waals surface area contributed by atoms with Crippen molar-refractivity contribution in [2.24, 2.45) is 0 Å². The molecular weight excluding hydrogens is 228 g/mol. The van der Waals surface area contributed by atoms with Crippen molar-refractivity contribution in [1.29, 1.82) is 0 Å². The van der Waals surface area contributed by atoms with Crippen LogP contribution in [0.3, 0.4) is 0 Å². The lowest BCUT2D eigenvalue weighted by atomic mass is 10.1. The SMILES string of the molecule is CC(C)(C)OC(=O)C[N+]1(NC(=O)O)CCC1=O. The van der Waals surface area contributed by atoms with Crippen LogP contribution in [0.5, 0.6) is 0 Å². The number of rotatable bonds is 3. The minimum absolute atomic E-state index is 0.267. The van der Waals surface area contributed by atoms with E-state index in [1.165, 1.54) is 0 Å². The molecular formula is C10H17N2O5+. The Morgan fingerprint density at radius 2 is 2.06 bits per heavy atom. The highest BCUT2D eigenvalue weighted by Crippen LogP contribution is 2.19. The Balaban J connectivity index is 2.66. The first-order chi connectivity index (χ1) is 7.65. The van der Waals surface area contributed by atoms with Crippen molar-refractivity contribution in [2.75, 3.05) is 13.1 Å². The van der Waals surface area contributed by atoms with Crippen molar-refractivity contribution in [2.45, 2.75) is 32.8 Å². The van der Waals surface area contributed by atoms with E-state index in [1.807, 2.05) is 0 Å². The standard InChI is InChI=1S/C10H16N2O5/c1-10(2,3)17-8(14)6-12(11-9(15)16)5-4-7(12)13/h11H,4-6H2,1-3H3/p+1. The Kier molecular flexibility index (Phi) is 3.42. The molecule has 1 fully saturated rings. The summed E-state index contributed by atoms with van der Waals surface area (Å²) in [6.07, 6.45) is -1.06. The Labute approximate surface area is 98.9 Å². The number of quaternary nitrogens is 1. The fraction of sp³-hybridized carbons (Fsp3) is 0.700. The number of hydrogen-bond acceptors (Lipinski definition) is 4. The van der Waals surface area contributed by atoms with E-state index in [0.29, 0.717) is 0 Å². The number of amides is 2. The quantitative estimate of drug-likeness (QED) is 0.422. The van der Waals surface area contributed by atoms with Crippen molar-refractivity contribution >= 4 is 18.0 Å². The molecule has 7 heteroatoms. The van der Waals surface area contributed by atoms with Crippen LogP contribution in [0, 0.1) is 0 Å². The van der Waals surface area contributed by atoms with Crippen molar-refractivity contribution in [3.8, 4) is 0 Å². The third-order valence-electron chi connectivity index (χ3n) is 2.31. The van der Waals surface area contributed by atoms with Gasteiger partial charge >= 0.3 is 18.0 Å². The van der Waals surface area contributed by atoms with Gasteiger partial charge < -0.3 is 9.84 Å². The molecule has 0 bridgehead atoms. The Bertz CT molecular complexity index is 360. The summed E-state index contributed by atoms with van der Waals surface area (Å²) in [6.45, 7) is 5.10. The maximum Gasteiger partial charge on any atom is 0.449 e. The number of esters is 1. The van der Waals surface area contributed by atoms with Crippen LogP contribution in [0.25, 0.3) is 0 Å². The van der Waals surface area contributed by atoms with Crippen LogP contribution in [-0.2, 0) is 14.3 Å². The third kappa shape index (κ3) is 3.42. The third-order valence-corrected chi connectivity index (χ3v) is 2.31. The fourth-order valence-corrected chi connectivity index (χ4v) is 1.58. The second-order valence-corrected chi connectivity index (χ2v) is 5.00. The minimum atomic E-state index is -1.33. The van der Waals surface area contributed by atoms with Gasteiger partial charge in [-0.15, -0.1) is 4.59 Å².